The summed E-state index contributed by atoms with van der Waals surface area (Å²) in [6, 6.07) is 10.6. The fraction of sp³-hybridized carbons (Fsp3) is 0.550. The van der Waals surface area contributed by atoms with Crippen LogP contribution in [0.25, 0.3) is 0 Å². The second kappa shape index (κ2) is 10.9. The van der Waals surface area contributed by atoms with Gasteiger partial charge >= 0.3 is 0 Å². The Balaban J connectivity index is 1.88. The van der Waals surface area contributed by atoms with E-state index in [9.17, 15) is 0 Å². The summed E-state index contributed by atoms with van der Waals surface area (Å²) in [6.45, 7) is 11.6. The summed E-state index contributed by atoms with van der Waals surface area (Å²) >= 11 is 0. The minimum Gasteiger partial charge on any atom is -0.383 e. The van der Waals surface area contributed by atoms with E-state index in [1.54, 1.807) is 7.11 Å². The van der Waals surface area contributed by atoms with Crippen LogP contribution >= 0.6 is 0 Å². The molecule has 1 heterocycles. The summed E-state index contributed by atoms with van der Waals surface area (Å²) in [5.74, 6) is 1.47. The fourth-order valence-corrected chi connectivity index (χ4v) is 3.06. The molecule has 138 valence electrons. The highest BCUT2D eigenvalue weighted by Crippen LogP contribution is 2.16. The van der Waals surface area contributed by atoms with Crippen molar-refractivity contribution < 1.29 is 4.74 Å². The minimum atomic E-state index is 0.207. The Morgan fingerprint density at radius 1 is 1.44 bits per heavy atom. The second-order valence-corrected chi connectivity index (χ2v) is 6.58. The van der Waals surface area contributed by atoms with Crippen LogP contribution in [0.15, 0.2) is 48.0 Å². The van der Waals surface area contributed by atoms with Crippen molar-refractivity contribution in [3.8, 4) is 0 Å². The molecule has 0 spiro atoms. The Morgan fingerprint density at radius 2 is 2.24 bits per heavy atom. The molecule has 0 unspecified atom stereocenters. The van der Waals surface area contributed by atoms with Crippen LogP contribution in [0.5, 0.6) is 0 Å². The number of hydrogen-bond donors (Lipinski definition) is 2. The number of benzene rings is 1. The maximum atomic E-state index is 5.17. The molecule has 0 aliphatic carbocycles. The van der Waals surface area contributed by atoms with Crippen molar-refractivity contribution in [1.29, 1.82) is 0 Å². The predicted octanol–water partition coefficient (Wildman–Crippen LogP) is 2.44. The van der Waals surface area contributed by atoms with Crippen LogP contribution < -0.4 is 10.6 Å². The summed E-state index contributed by atoms with van der Waals surface area (Å²) in [4.78, 5) is 7.27. The van der Waals surface area contributed by atoms with Crippen LogP contribution in [0.3, 0.4) is 0 Å². The van der Waals surface area contributed by atoms with Gasteiger partial charge in [-0.25, -0.2) is 0 Å². The SMILES string of the molecule is C=CCNC(=NC[C@@H]1CCN(CCOC)C1)N[C@H](C)c1ccccc1. The first-order chi connectivity index (χ1) is 12.2. The van der Waals surface area contributed by atoms with Crippen LogP contribution in [0.1, 0.15) is 24.9 Å². The van der Waals surface area contributed by atoms with E-state index in [-0.39, 0.29) is 6.04 Å². The number of rotatable bonds is 9. The summed E-state index contributed by atoms with van der Waals surface area (Å²) in [7, 11) is 1.76. The maximum Gasteiger partial charge on any atom is 0.191 e. The molecule has 2 atom stereocenters. The van der Waals surface area contributed by atoms with E-state index in [2.05, 4.69) is 53.3 Å². The molecule has 0 aromatic heterocycles. The third-order valence-electron chi connectivity index (χ3n) is 4.56. The number of methoxy groups -OCH3 is 1. The molecule has 2 rings (SSSR count). The average molecular weight is 345 g/mol. The molecule has 1 fully saturated rings. The van der Waals surface area contributed by atoms with Crippen LogP contribution in [-0.2, 0) is 4.74 Å². The van der Waals surface area contributed by atoms with Crippen molar-refractivity contribution in [2.45, 2.75) is 19.4 Å². The summed E-state index contributed by atoms with van der Waals surface area (Å²) in [5, 5.41) is 6.82. The largest absolute Gasteiger partial charge is 0.383 e. The quantitative estimate of drug-likeness (QED) is 0.410. The Kier molecular flexibility index (Phi) is 8.49. The van der Waals surface area contributed by atoms with Crippen LogP contribution in [0.2, 0.25) is 0 Å². The van der Waals surface area contributed by atoms with Gasteiger partial charge < -0.3 is 20.3 Å². The zero-order valence-electron chi connectivity index (χ0n) is 15.6. The fourth-order valence-electron chi connectivity index (χ4n) is 3.06. The topological polar surface area (TPSA) is 48.9 Å². The molecule has 2 N–H and O–H groups in total. The number of nitrogens with zero attached hydrogens (tertiary/aromatic N) is 2. The molecule has 1 aliphatic heterocycles. The minimum absolute atomic E-state index is 0.207. The lowest BCUT2D eigenvalue weighted by atomic mass is 10.1. The Hall–Kier alpha value is -1.85. The third kappa shape index (κ3) is 6.88. The Morgan fingerprint density at radius 3 is 2.96 bits per heavy atom. The van der Waals surface area contributed by atoms with E-state index >= 15 is 0 Å². The van der Waals surface area contributed by atoms with E-state index in [4.69, 9.17) is 9.73 Å². The lowest BCUT2D eigenvalue weighted by molar-refractivity contribution is 0.159. The molecule has 5 heteroatoms. The standard InChI is InChI=1S/C20H32N4O/c1-4-11-21-20(23-17(2)19-8-6-5-7-9-19)22-15-18-10-12-24(16-18)13-14-25-3/h4-9,17-18H,1,10-16H2,2-3H3,(H2,21,22,23)/t17-,18+/m1/s1. The molecule has 1 aromatic rings. The van der Waals surface area contributed by atoms with Crippen LogP contribution in [0.4, 0.5) is 0 Å². The first-order valence-electron chi connectivity index (χ1n) is 9.15. The van der Waals surface area contributed by atoms with E-state index in [1.807, 2.05) is 12.1 Å². The summed E-state index contributed by atoms with van der Waals surface area (Å²) < 4.78 is 5.17. The van der Waals surface area contributed by atoms with Crippen molar-refractivity contribution in [2.24, 2.45) is 10.9 Å². The van der Waals surface area contributed by atoms with E-state index in [1.165, 1.54) is 12.0 Å². The van der Waals surface area contributed by atoms with Gasteiger partial charge in [0.05, 0.1) is 12.6 Å². The number of nitrogens with one attached hydrogen (secondary N) is 2. The molecular formula is C20H32N4O. The average Bonchev–Trinajstić information content (AvgIpc) is 3.10. The van der Waals surface area contributed by atoms with Crippen molar-refractivity contribution in [2.75, 3.05) is 46.4 Å². The molecule has 25 heavy (non-hydrogen) atoms. The van der Waals surface area contributed by atoms with E-state index < -0.39 is 0 Å². The van der Waals surface area contributed by atoms with Crippen LogP contribution in [-0.4, -0.2) is 57.3 Å². The third-order valence-corrected chi connectivity index (χ3v) is 4.56. The Bertz CT molecular complexity index is 532. The number of guanidine groups is 1. The van der Waals surface area contributed by atoms with Gasteiger partial charge in [0.25, 0.3) is 0 Å². The zero-order valence-corrected chi connectivity index (χ0v) is 15.6. The van der Waals surface area contributed by atoms with Gasteiger partial charge in [-0.15, -0.1) is 6.58 Å². The molecule has 5 nitrogen and oxygen atoms in total. The molecule has 0 radical (unpaired) electrons. The first kappa shape index (κ1) is 19.5. The van der Waals surface area contributed by atoms with Crippen molar-refractivity contribution in [1.82, 2.24) is 15.5 Å². The van der Waals surface area contributed by atoms with Gasteiger partial charge in [-0.2, -0.15) is 0 Å². The first-order valence-corrected chi connectivity index (χ1v) is 9.15. The smallest absolute Gasteiger partial charge is 0.191 e. The van der Waals surface area contributed by atoms with Gasteiger partial charge in [-0.3, -0.25) is 4.99 Å². The normalized spacial score (nSPS) is 19.6. The molecule has 1 saturated heterocycles. The Labute approximate surface area is 152 Å². The highest BCUT2D eigenvalue weighted by atomic mass is 16.5. The molecule has 0 amide bonds. The van der Waals surface area contributed by atoms with E-state index in [0.29, 0.717) is 12.5 Å². The van der Waals surface area contributed by atoms with Gasteiger partial charge in [0.15, 0.2) is 5.96 Å². The number of aliphatic imine (C=N–C) groups is 1. The van der Waals surface area contributed by atoms with Gasteiger partial charge in [-0.1, -0.05) is 36.4 Å². The number of hydrogen-bond acceptors (Lipinski definition) is 3. The maximum absolute atomic E-state index is 5.17. The second-order valence-electron chi connectivity index (χ2n) is 6.58. The van der Waals surface area contributed by atoms with E-state index in [0.717, 1.165) is 38.7 Å². The van der Waals surface area contributed by atoms with Crippen LogP contribution in [0, 0.1) is 5.92 Å². The zero-order chi connectivity index (χ0) is 17.9. The van der Waals surface area contributed by atoms with Gasteiger partial charge in [0.1, 0.15) is 0 Å². The lowest BCUT2D eigenvalue weighted by Crippen LogP contribution is -2.39. The molecular weight excluding hydrogens is 312 g/mol. The highest BCUT2D eigenvalue weighted by Gasteiger charge is 2.21. The van der Waals surface area contributed by atoms with Crippen molar-refractivity contribution >= 4 is 5.96 Å². The van der Waals surface area contributed by atoms with Crippen molar-refractivity contribution in [3.63, 3.8) is 0 Å². The molecule has 0 saturated carbocycles. The monoisotopic (exact) mass is 344 g/mol. The molecule has 1 aromatic carbocycles. The predicted molar refractivity (Wildman–Crippen MR) is 105 cm³/mol. The summed E-state index contributed by atoms with van der Waals surface area (Å²) in [5.41, 5.74) is 1.25. The van der Waals surface area contributed by atoms with Gasteiger partial charge in [0.2, 0.25) is 0 Å². The van der Waals surface area contributed by atoms with Crippen molar-refractivity contribution in [3.05, 3.63) is 48.6 Å². The molecule has 0 bridgehead atoms. The summed E-state index contributed by atoms with van der Waals surface area (Å²) in [6.07, 6.45) is 3.06. The highest BCUT2D eigenvalue weighted by molar-refractivity contribution is 5.80. The molecule has 1 aliphatic rings. The number of likely N-dealkylation sites (tertiary alicyclic amines) is 1. The number of ether oxygens (including phenoxy) is 1. The lowest BCUT2D eigenvalue weighted by Gasteiger charge is -2.19. The van der Waals surface area contributed by atoms with Gasteiger partial charge in [0, 0.05) is 33.3 Å². The van der Waals surface area contributed by atoms with Gasteiger partial charge in [-0.05, 0) is 31.4 Å².